The monoisotopic (exact) mass is 274 g/mol. The molecule has 0 aromatic carbocycles. The van der Waals surface area contributed by atoms with Crippen molar-refractivity contribution >= 4 is 28.4 Å². The topological polar surface area (TPSA) is 69.3 Å². The van der Waals surface area contributed by atoms with Crippen LogP contribution in [0.4, 0.5) is 0 Å². The van der Waals surface area contributed by atoms with Gasteiger partial charge in [-0.2, -0.15) is 4.98 Å². The Labute approximate surface area is 114 Å². The zero-order valence-electron chi connectivity index (χ0n) is 10.5. The van der Waals surface area contributed by atoms with Crippen molar-refractivity contribution in [2.75, 3.05) is 0 Å². The lowest BCUT2D eigenvalue weighted by molar-refractivity contribution is 0.557. The Hall–Kier alpha value is -1.92. The van der Waals surface area contributed by atoms with Gasteiger partial charge in [0.1, 0.15) is 5.76 Å². The molecule has 0 bridgehead atoms. The van der Waals surface area contributed by atoms with E-state index in [1.165, 1.54) is 0 Å². The summed E-state index contributed by atoms with van der Waals surface area (Å²) in [6.07, 6.45) is 6.13. The molecule has 98 valence electrons. The Morgan fingerprint density at radius 2 is 2.42 bits per heavy atom. The fraction of sp³-hybridized carbons (Fsp3) is 0.231. The molecule has 0 aliphatic heterocycles. The van der Waals surface area contributed by atoms with E-state index in [9.17, 15) is 0 Å². The van der Waals surface area contributed by atoms with E-state index in [0.717, 1.165) is 22.8 Å². The molecule has 0 spiro atoms. The maximum absolute atomic E-state index is 5.82. The van der Waals surface area contributed by atoms with E-state index >= 15 is 0 Å². The summed E-state index contributed by atoms with van der Waals surface area (Å²) in [5.41, 5.74) is 6.92. The van der Waals surface area contributed by atoms with E-state index in [2.05, 4.69) is 15.5 Å². The zero-order valence-corrected chi connectivity index (χ0v) is 11.3. The minimum Gasteiger partial charge on any atom is -0.465 e. The fourth-order valence-electron chi connectivity index (χ4n) is 1.82. The fourth-order valence-corrected chi connectivity index (χ4v) is 2.67. The maximum Gasteiger partial charge on any atom is 0.212 e. The summed E-state index contributed by atoms with van der Waals surface area (Å²) in [6.45, 7) is 1.98. The quantitative estimate of drug-likeness (QED) is 0.793. The minimum absolute atomic E-state index is 0.115. The van der Waals surface area contributed by atoms with Crippen LogP contribution >= 0.6 is 11.3 Å². The molecule has 0 aliphatic carbocycles. The number of nitrogens with two attached hydrogens (primary N) is 1. The highest BCUT2D eigenvalue weighted by Crippen LogP contribution is 2.16. The van der Waals surface area contributed by atoms with Crippen LogP contribution in [0.3, 0.4) is 0 Å². The van der Waals surface area contributed by atoms with Gasteiger partial charge in [0.15, 0.2) is 5.82 Å². The molecule has 3 aromatic heterocycles. The van der Waals surface area contributed by atoms with Crippen molar-refractivity contribution < 1.29 is 4.42 Å². The van der Waals surface area contributed by atoms with Crippen LogP contribution in [-0.2, 0) is 6.42 Å². The largest absolute Gasteiger partial charge is 0.465 e. The number of furan rings is 1. The van der Waals surface area contributed by atoms with Gasteiger partial charge in [-0.25, -0.2) is 4.52 Å². The van der Waals surface area contributed by atoms with Crippen molar-refractivity contribution in [3.05, 3.63) is 41.1 Å². The first-order valence-electron chi connectivity index (χ1n) is 6.02. The minimum atomic E-state index is 0.115. The summed E-state index contributed by atoms with van der Waals surface area (Å²) in [6, 6.07) is 3.85. The summed E-state index contributed by atoms with van der Waals surface area (Å²) in [4.78, 5) is 5.33. The second kappa shape index (κ2) is 4.99. The third kappa shape index (κ3) is 2.59. The predicted molar refractivity (Wildman–Crippen MR) is 75.9 cm³/mol. The van der Waals surface area contributed by atoms with Gasteiger partial charge in [-0.15, -0.1) is 16.4 Å². The molecule has 2 N–H and O–H groups in total. The van der Waals surface area contributed by atoms with Crippen LogP contribution in [0.5, 0.6) is 0 Å². The normalized spacial score (nSPS) is 13.6. The third-order valence-corrected chi connectivity index (χ3v) is 3.50. The Morgan fingerprint density at radius 3 is 3.16 bits per heavy atom. The number of thiazole rings is 1. The van der Waals surface area contributed by atoms with Crippen molar-refractivity contribution in [1.82, 2.24) is 14.6 Å². The van der Waals surface area contributed by atoms with Crippen molar-refractivity contribution in [1.29, 1.82) is 0 Å². The zero-order chi connectivity index (χ0) is 13.2. The van der Waals surface area contributed by atoms with Crippen molar-refractivity contribution in [2.24, 2.45) is 5.73 Å². The molecule has 0 fully saturated rings. The van der Waals surface area contributed by atoms with Gasteiger partial charge in [-0.1, -0.05) is 0 Å². The van der Waals surface area contributed by atoms with E-state index in [1.54, 1.807) is 17.6 Å². The summed E-state index contributed by atoms with van der Waals surface area (Å²) >= 11 is 1.58. The van der Waals surface area contributed by atoms with E-state index < -0.39 is 0 Å². The lowest BCUT2D eigenvalue weighted by atomic mass is 10.2. The van der Waals surface area contributed by atoms with E-state index in [-0.39, 0.29) is 6.04 Å². The lowest BCUT2D eigenvalue weighted by Crippen LogP contribution is -2.18. The van der Waals surface area contributed by atoms with Crippen molar-refractivity contribution in [3.63, 3.8) is 0 Å². The van der Waals surface area contributed by atoms with Gasteiger partial charge < -0.3 is 10.2 Å². The summed E-state index contributed by atoms with van der Waals surface area (Å²) in [5.74, 6) is 1.46. The first-order valence-corrected chi connectivity index (χ1v) is 6.90. The number of hydrogen-bond donors (Lipinski definition) is 1. The van der Waals surface area contributed by atoms with Gasteiger partial charge in [0.05, 0.1) is 12.0 Å². The maximum atomic E-state index is 5.82. The predicted octanol–water partition coefficient (Wildman–Crippen LogP) is 2.44. The molecule has 19 heavy (non-hydrogen) atoms. The van der Waals surface area contributed by atoms with Crippen LogP contribution < -0.4 is 5.73 Å². The summed E-state index contributed by atoms with van der Waals surface area (Å²) < 4.78 is 7.08. The molecule has 0 aliphatic rings. The van der Waals surface area contributed by atoms with Crippen LogP contribution in [0.1, 0.15) is 24.2 Å². The second-order valence-corrected chi connectivity index (χ2v) is 5.26. The molecule has 1 atom stereocenters. The first-order chi connectivity index (χ1) is 9.22. The molecule has 0 saturated carbocycles. The number of hydrogen-bond acceptors (Lipinski definition) is 5. The third-order valence-electron chi connectivity index (χ3n) is 2.64. The molecule has 1 unspecified atom stereocenters. The van der Waals surface area contributed by atoms with Crippen LogP contribution in [0, 0.1) is 0 Å². The van der Waals surface area contributed by atoms with Gasteiger partial charge in [-0.3, -0.25) is 0 Å². The molecule has 3 aromatic rings. The highest BCUT2D eigenvalue weighted by Gasteiger charge is 2.09. The summed E-state index contributed by atoms with van der Waals surface area (Å²) in [7, 11) is 0. The van der Waals surface area contributed by atoms with Crippen LogP contribution in [0.25, 0.3) is 17.1 Å². The number of nitrogens with zero attached hydrogens (tertiary/aromatic N) is 3. The molecule has 5 nitrogen and oxygen atoms in total. The Bertz CT molecular complexity index is 693. The Morgan fingerprint density at radius 1 is 1.53 bits per heavy atom. The number of fused-ring (bicyclic) bond motifs is 1. The van der Waals surface area contributed by atoms with Gasteiger partial charge in [0, 0.05) is 17.8 Å². The molecule has 6 heteroatoms. The second-order valence-electron chi connectivity index (χ2n) is 4.42. The molecule has 3 heterocycles. The SMILES string of the molecule is CC(N)Cc1csc2nc(/C=C/c3ccco3)nn12. The van der Waals surface area contributed by atoms with Crippen LogP contribution in [0.2, 0.25) is 0 Å². The molecular formula is C13H14N4OS. The van der Waals surface area contributed by atoms with Gasteiger partial charge >= 0.3 is 0 Å². The molecule has 3 rings (SSSR count). The number of rotatable bonds is 4. The average Bonchev–Trinajstić information content (AvgIpc) is 3.04. The lowest BCUT2D eigenvalue weighted by Gasteiger charge is -2.01. The highest BCUT2D eigenvalue weighted by molar-refractivity contribution is 7.15. The van der Waals surface area contributed by atoms with Gasteiger partial charge in [-0.05, 0) is 31.2 Å². The van der Waals surface area contributed by atoms with Gasteiger partial charge in [0.2, 0.25) is 4.96 Å². The Kier molecular flexibility index (Phi) is 3.18. The molecular weight excluding hydrogens is 260 g/mol. The van der Waals surface area contributed by atoms with E-state index in [1.807, 2.05) is 35.7 Å². The molecule has 0 radical (unpaired) electrons. The smallest absolute Gasteiger partial charge is 0.212 e. The van der Waals surface area contributed by atoms with E-state index in [0.29, 0.717) is 5.82 Å². The van der Waals surface area contributed by atoms with Crippen molar-refractivity contribution in [3.8, 4) is 0 Å². The van der Waals surface area contributed by atoms with Gasteiger partial charge in [0.25, 0.3) is 0 Å². The number of aromatic nitrogens is 3. The Balaban J connectivity index is 1.87. The van der Waals surface area contributed by atoms with E-state index in [4.69, 9.17) is 10.2 Å². The summed E-state index contributed by atoms with van der Waals surface area (Å²) in [5, 5.41) is 6.51. The molecule has 0 saturated heterocycles. The van der Waals surface area contributed by atoms with Crippen molar-refractivity contribution in [2.45, 2.75) is 19.4 Å². The standard InChI is InChI=1S/C13H14N4OS/c1-9(14)7-10-8-19-13-15-12(16-17(10)13)5-4-11-3-2-6-18-11/h2-6,8-9H,7,14H2,1H3/b5-4+. The average molecular weight is 274 g/mol. The first kappa shape index (κ1) is 12.1. The highest BCUT2D eigenvalue weighted by atomic mass is 32.1. The van der Waals surface area contributed by atoms with Crippen LogP contribution in [-0.4, -0.2) is 20.6 Å². The van der Waals surface area contributed by atoms with Crippen LogP contribution in [0.15, 0.2) is 28.2 Å². The molecule has 0 amide bonds.